The van der Waals surface area contributed by atoms with E-state index in [4.69, 9.17) is 10.4 Å². The number of anilines is 2. The third kappa shape index (κ3) is 4.86. The molecule has 4 aromatic rings. The smallest absolute Gasteiger partial charge is 0.264 e. The molecule has 0 radical (unpaired) electrons. The first kappa shape index (κ1) is 23.2. The highest BCUT2D eigenvalue weighted by atomic mass is 79.9. The molecule has 0 aliphatic carbocycles. The van der Waals surface area contributed by atoms with Gasteiger partial charge in [0, 0.05) is 12.1 Å². The molecule has 11 heteroatoms. The Balaban J connectivity index is 1.80. The van der Waals surface area contributed by atoms with Crippen LogP contribution in [0.15, 0.2) is 86.9 Å². The Morgan fingerprint density at radius 2 is 1.85 bits per heavy atom. The number of carbonyl (C=O) groups is 1. The molecular weight excluding hydrogens is 507 g/mol. The maximum Gasteiger partial charge on any atom is 0.264 e. The minimum Gasteiger partial charge on any atom is -0.326 e. The van der Waals surface area contributed by atoms with Crippen LogP contribution in [-0.4, -0.2) is 27.3 Å². The molecule has 1 amide bonds. The number of hydroxylamine groups is 1. The Kier molecular flexibility index (Phi) is 7.07. The summed E-state index contributed by atoms with van der Waals surface area (Å²) in [4.78, 5) is 19.1. The predicted octanol–water partition coefficient (Wildman–Crippen LogP) is 4.47. The van der Waals surface area contributed by atoms with E-state index in [9.17, 15) is 14.4 Å². The van der Waals surface area contributed by atoms with E-state index in [1.54, 1.807) is 54.6 Å². The van der Waals surface area contributed by atoms with Crippen molar-refractivity contribution >= 4 is 44.9 Å². The van der Waals surface area contributed by atoms with Gasteiger partial charge in [0.1, 0.15) is 5.82 Å². The van der Waals surface area contributed by atoms with E-state index in [1.165, 1.54) is 23.1 Å². The summed E-state index contributed by atoms with van der Waals surface area (Å²) < 4.78 is 18.7. The number of amides is 1. The van der Waals surface area contributed by atoms with E-state index < -0.39 is 11.7 Å². The van der Waals surface area contributed by atoms with Gasteiger partial charge < -0.3 is 5.73 Å². The summed E-state index contributed by atoms with van der Waals surface area (Å²) in [6.45, 7) is 0.343. The number of benzene rings is 3. The number of halogens is 2. The average Bonchev–Trinajstić information content (AvgIpc) is 3.34. The molecule has 9 nitrogen and oxygen atoms in total. The van der Waals surface area contributed by atoms with Crippen molar-refractivity contribution in [3.63, 3.8) is 0 Å². The van der Waals surface area contributed by atoms with Gasteiger partial charge in [-0.3, -0.25) is 20.4 Å². The number of nitrogens with one attached hydrogen (secondary N) is 1. The molecule has 0 aliphatic heterocycles. The number of hydrogen-bond donors (Lipinski definition) is 3. The van der Waals surface area contributed by atoms with Gasteiger partial charge >= 0.3 is 0 Å². The molecule has 0 atom stereocenters. The standard InChI is InChI=1S/C23H18BrFN6O3/c24-18-12-16(10-11-19(18)25)27-21(28-33)20-22(30-34-29-20)31(17-4-2-1-3-5-17)23(32)15-8-6-14(13-26)7-9-15/h1-12,33H,13,26H2,(H,27,28). The number of nitrogens with two attached hydrogens (primary N) is 1. The molecule has 3 aromatic carbocycles. The summed E-state index contributed by atoms with van der Waals surface area (Å²) in [6, 6.07) is 19.6. The largest absolute Gasteiger partial charge is 0.326 e. The predicted molar refractivity (Wildman–Crippen MR) is 127 cm³/mol. The van der Waals surface area contributed by atoms with Gasteiger partial charge in [-0.15, -0.1) is 0 Å². The Labute approximate surface area is 201 Å². The van der Waals surface area contributed by atoms with E-state index in [1.807, 2.05) is 5.48 Å². The lowest BCUT2D eigenvalue weighted by Gasteiger charge is -2.21. The fourth-order valence-corrected chi connectivity index (χ4v) is 3.49. The summed E-state index contributed by atoms with van der Waals surface area (Å²) >= 11 is 3.10. The van der Waals surface area contributed by atoms with Crippen molar-refractivity contribution in [2.75, 3.05) is 4.90 Å². The number of para-hydroxylation sites is 1. The monoisotopic (exact) mass is 524 g/mol. The van der Waals surface area contributed by atoms with Crippen LogP contribution in [0.5, 0.6) is 0 Å². The lowest BCUT2D eigenvalue weighted by atomic mass is 10.1. The maximum absolute atomic E-state index is 13.6. The molecule has 0 saturated carbocycles. The van der Waals surface area contributed by atoms with Crippen LogP contribution in [0.3, 0.4) is 0 Å². The van der Waals surface area contributed by atoms with Gasteiger partial charge in [0.15, 0.2) is 11.5 Å². The Bertz CT molecular complexity index is 1330. The normalized spacial score (nSPS) is 11.4. The molecule has 34 heavy (non-hydrogen) atoms. The van der Waals surface area contributed by atoms with E-state index >= 15 is 0 Å². The van der Waals surface area contributed by atoms with Crippen LogP contribution in [0.4, 0.5) is 21.6 Å². The molecular formula is C23H18BrFN6O3. The molecule has 1 heterocycles. The van der Waals surface area contributed by atoms with Gasteiger partial charge in [0.25, 0.3) is 5.91 Å². The quantitative estimate of drug-likeness (QED) is 0.193. The number of nitrogens with zero attached hydrogens (tertiary/aromatic N) is 4. The van der Waals surface area contributed by atoms with Gasteiger partial charge in [-0.1, -0.05) is 30.3 Å². The molecule has 0 aliphatic rings. The second kappa shape index (κ2) is 10.3. The zero-order valence-electron chi connectivity index (χ0n) is 17.5. The highest BCUT2D eigenvalue weighted by molar-refractivity contribution is 9.10. The van der Waals surface area contributed by atoms with Crippen molar-refractivity contribution in [3.05, 3.63) is 99.9 Å². The number of aromatic nitrogens is 2. The summed E-state index contributed by atoms with van der Waals surface area (Å²) in [5.41, 5.74) is 9.59. The van der Waals surface area contributed by atoms with E-state index in [-0.39, 0.29) is 21.8 Å². The van der Waals surface area contributed by atoms with Crippen molar-refractivity contribution in [3.8, 4) is 0 Å². The number of aliphatic imine (C=N–C) groups is 1. The molecule has 172 valence electrons. The van der Waals surface area contributed by atoms with Crippen molar-refractivity contribution in [1.82, 2.24) is 15.8 Å². The van der Waals surface area contributed by atoms with Crippen molar-refractivity contribution in [2.45, 2.75) is 6.54 Å². The van der Waals surface area contributed by atoms with Crippen LogP contribution < -0.4 is 16.1 Å². The van der Waals surface area contributed by atoms with E-state index in [2.05, 4.69) is 31.2 Å². The van der Waals surface area contributed by atoms with Gasteiger partial charge in [-0.25, -0.2) is 14.0 Å². The number of amidine groups is 1. The summed E-state index contributed by atoms with van der Waals surface area (Å²) in [7, 11) is 0. The van der Waals surface area contributed by atoms with Gasteiger partial charge in [0.05, 0.1) is 15.8 Å². The lowest BCUT2D eigenvalue weighted by molar-refractivity contribution is 0.0997. The van der Waals surface area contributed by atoms with Crippen LogP contribution in [0.2, 0.25) is 0 Å². The van der Waals surface area contributed by atoms with Crippen LogP contribution in [-0.2, 0) is 6.54 Å². The molecule has 0 saturated heterocycles. The highest BCUT2D eigenvalue weighted by Crippen LogP contribution is 2.30. The Hall–Kier alpha value is -3.93. The molecule has 0 unspecified atom stereocenters. The molecule has 4 N–H and O–H groups in total. The highest BCUT2D eigenvalue weighted by Gasteiger charge is 2.29. The molecule has 1 aromatic heterocycles. The average molecular weight is 525 g/mol. The van der Waals surface area contributed by atoms with Gasteiger partial charge in [-0.05, 0) is 74.3 Å². The minimum atomic E-state index is -0.470. The maximum atomic E-state index is 13.6. The minimum absolute atomic E-state index is 0.0134. The zero-order valence-corrected chi connectivity index (χ0v) is 19.1. The fraction of sp³-hybridized carbons (Fsp3) is 0.0435. The molecule has 4 rings (SSSR count). The SMILES string of the molecule is NCc1ccc(C(=O)N(c2ccccc2)c2nonc2C(=Nc2ccc(F)c(Br)c2)NO)cc1. The summed E-state index contributed by atoms with van der Waals surface area (Å²) in [6.07, 6.45) is 0. The third-order valence-electron chi connectivity index (χ3n) is 4.81. The topological polar surface area (TPSA) is 130 Å². The van der Waals surface area contributed by atoms with Crippen LogP contribution in [0.1, 0.15) is 21.6 Å². The van der Waals surface area contributed by atoms with Crippen molar-refractivity contribution in [2.24, 2.45) is 10.7 Å². The van der Waals surface area contributed by atoms with Crippen LogP contribution in [0.25, 0.3) is 0 Å². The second-order valence-electron chi connectivity index (χ2n) is 6.98. The second-order valence-corrected chi connectivity index (χ2v) is 7.84. The summed E-state index contributed by atoms with van der Waals surface area (Å²) in [5.74, 6) is -1.07. The zero-order chi connectivity index (χ0) is 24.1. The van der Waals surface area contributed by atoms with E-state index in [0.29, 0.717) is 23.5 Å². The van der Waals surface area contributed by atoms with Gasteiger partial charge in [-0.2, -0.15) is 0 Å². The molecule has 0 spiro atoms. The number of carbonyl (C=O) groups excluding carboxylic acids is 1. The van der Waals surface area contributed by atoms with Crippen LogP contribution >= 0.6 is 15.9 Å². The Morgan fingerprint density at radius 3 is 2.50 bits per heavy atom. The number of hydrogen-bond acceptors (Lipinski definition) is 7. The lowest BCUT2D eigenvalue weighted by Crippen LogP contribution is -2.30. The Morgan fingerprint density at radius 1 is 1.12 bits per heavy atom. The first-order valence-corrected chi connectivity index (χ1v) is 10.8. The molecule has 0 bridgehead atoms. The first-order valence-electron chi connectivity index (χ1n) is 9.97. The third-order valence-corrected chi connectivity index (χ3v) is 5.42. The number of rotatable bonds is 6. The fourth-order valence-electron chi connectivity index (χ4n) is 3.12. The van der Waals surface area contributed by atoms with Crippen molar-refractivity contribution in [1.29, 1.82) is 0 Å². The van der Waals surface area contributed by atoms with E-state index in [0.717, 1.165) is 5.56 Å². The van der Waals surface area contributed by atoms with Crippen LogP contribution in [0, 0.1) is 5.82 Å². The first-order chi connectivity index (χ1) is 16.5. The van der Waals surface area contributed by atoms with Gasteiger partial charge in [0.2, 0.25) is 5.82 Å². The molecule has 0 fully saturated rings. The summed E-state index contributed by atoms with van der Waals surface area (Å²) in [5, 5.41) is 17.5. The van der Waals surface area contributed by atoms with Crippen molar-refractivity contribution < 1.29 is 19.0 Å².